The highest BCUT2D eigenvalue weighted by Gasteiger charge is 2.15. The van der Waals surface area contributed by atoms with E-state index in [-0.39, 0.29) is 0 Å². The highest BCUT2D eigenvalue weighted by molar-refractivity contribution is 7.12. The van der Waals surface area contributed by atoms with E-state index in [4.69, 9.17) is 11.6 Å². The summed E-state index contributed by atoms with van der Waals surface area (Å²) in [6.45, 7) is 5.98. The fourth-order valence-corrected chi connectivity index (χ4v) is 2.95. The number of rotatable bonds is 2. The largest absolute Gasteiger partial charge is 0.383 e. The molecule has 0 saturated heterocycles. The Labute approximate surface area is 111 Å². The van der Waals surface area contributed by atoms with Gasteiger partial charge in [0.1, 0.15) is 6.10 Å². The molecule has 0 spiro atoms. The first kappa shape index (κ1) is 12.6. The molecule has 1 aromatic heterocycles. The normalized spacial score (nSPS) is 12.8. The van der Waals surface area contributed by atoms with Crippen molar-refractivity contribution >= 4 is 22.9 Å². The van der Waals surface area contributed by atoms with E-state index in [0.717, 1.165) is 26.6 Å². The molecule has 0 aliphatic heterocycles. The lowest BCUT2D eigenvalue weighted by Crippen LogP contribution is -2.00. The van der Waals surface area contributed by atoms with Crippen molar-refractivity contribution in [2.75, 3.05) is 0 Å². The van der Waals surface area contributed by atoms with Gasteiger partial charge in [0.15, 0.2) is 0 Å². The molecule has 3 heteroatoms. The summed E-state index contributed by atoms with van der Waals surface area (Å²) in [6.07, 6.45) is -0.551. The Hall–Kier alpha value is -0.830. The number of aryl methyl sites for hydroxylation is 3. The van der Waals surface area contributed by atoms with Crippen LogP contribution in [0, 0.1) is 20.8 Å². The van der Waals surface area contributed by atoms with Crippen molar-refractivity contribution < 1.29 is 5.11 Å². The van der Waals surface area contributed by atoms with Gasteiger partial charge in [-0.3, -0.25) is 0 Å². The molecule has 1 N–H and O–H groups in total. The number of aliphatic hydroxyl groups excluding tert-OH is 1. The molecule has 2 aromatic rings. The quantitative estimate of drug-likeness (QED) is 0.854. The van der Waals surface area contributed by atoms with Gasteiger partial charge in [-0.1, -0.05) is 17.7 Å². The lowest BCUT2D eigenvalue weighted by molar-refractivity contribution is 0.223. The van der Waals surface area contributed by atoms with E-state index in [2.05, 4.69) is 0 Å². The molecule has 0 aliphatic carbocycles. The standard InChI is InChI=1S/C14H15ClOS/c1-8-7-12(15)9(2)6-11(8)14(16)13-5-4-10(3)17-13/h4-7,14,16H,1-3H3. The number of halogens is 1. The average molecular weight is 267 g/mol. The van der Waals surface area contributed by atoms with Crippen LogP contribution < -0.4 is 0 Å². The lowest BCUT2D eigenvalue weighted by Gasteiger charge is -2.14. The second kappa shape index (κ2) is 4.81. The zero-order valence-corrected chi connectivity index (χ0v) is 11.7. The third-order valence-electron chi connectivity index (χ3n) is 2.87. The van der Waals surface area contributed by atoms with Gasteiger partial charge in [0, 0.05) is 14.8 Å². The zero-order valence-electron chi connectivity index (χ0n) is 10.1. The van der Waals surface area contributed by atoms with Gasteiger partial charge in [0.25, 0.3) is 0 Å². The summed E-state index contributed by atoms with van der Waals surface area (Å²) >= 11 is 7.69. The second-order valence-corrected chi connectivity index (χ2v) is 6.04. The lowest BCUT2D eigenvalue weighted by atomic mass is 10.00. The average Bonchev–Trinajstić information content (AvgIpc) is 2.69. The molecular weight excluding hydrogens is 252 g/mol. The first-order chi connectivity index (χ1) is 7.99. The second-order valence-electron chi connectivity index (χ2n) is 4.31. The monoisotopic (exact) mass is 266 g/mol. The smallest absolute Gasteiger partial charge is 0.113 e. The van der Waals surface area contributed by atoms with Crippen molar-refractivity contribution in [2.24, 2.45) is 0 Å². The molecule has 0 saturated carbocycles. The number of aliphatic hydroxyl groups is 1. The Morgan fingerprint density at radius 2 is 1.82 bits per heavy atom. The van der Waals surface area contributed by atoms with Crippen molar-refractivity contribution in [3.8, 4) is 0 Å². The minimum Gasteiger partial charge on any atom is -0.383 e. The summed E-state index contributed by atoms with van der Waals surface area (Å²) in [6, 6.07) is 7.89. The van der Waals surface area contributed by atoms with Gasteiger partial charge in [-0.25, -0.2) is 0 Å². The molecule has 2 rings (SSSR count). The molecular formula is C14H15ClOS. The fraction of sp³-hybridized carbons (Fsp3) is 0.286. The maximum atomic E-state index is 10.4. The van der Waals surface area contributed by atoms with Crippen LogP contribution in [0.1, 0.15) is 32.5 Å². The Morgan fingerprint density at radius 1 is 1.12 bits per heavy atom. The molecule has 1 unspecified atom stereocenters. The maximum Gasteiger partial charge on any atom is 0.113 e. The maximum absolute atomic E-state index is 10.4. The van der Waals surface area contributed by atoms with Crippen LogP contribution in [0.3, 0.4) is 0 Å². The van der Waals surface area contributed by atoms with E-state index in [0.29, 0.717) is 0 Å². The van der Waals surface area contributed by atoms with Gasteiger partial charge in [-0.15, -0.1) is 11.3 Å². The summed E-state index contributed by atoms with van der Waals surface area (Å²) < 4.78 is 0. The summed E-state index contributed by atoms with van der Waals surface area (Å²) in [5, 5.41) is 11.1. The van der Waals surface area contributed by atoms with Crippen molar-refractivity contribution in [1.29, 1.82) is 0 Å². The third-order valence-corrected chi connectivity index (χ3v) is 4.33. The fourth-order valence-electron chi connectivity index (χ4n) is 1.85. The van der Waals surface area contributed by atoms with Gasteiger partial charge in [0.2, 0.25) is 0 Å². The van der Waals surface area contributed by atoms with Crippen LogP contribution >= 0.6 is 22.9 Å². The molecule has 1 aromatic carbocycles. The van der Waals surface area contributed by atoms with E-state index in [1.165, 1.54) is 4.88 Å². The van der Waals surface area contributed by atoms with Crippen LogP contribution in [-0.4, -0.2) is 5.11 Å². The predicted octanol–water partition coefficient (Wildman–Crippen LogP) is 4.41. The van der Waals surface area contributed by atoms with E-state index in [1.807, 2.05) is 45.0 Å². The molecule has 1 atom stereocenters. The summed E-state index contributed by atoms with van der Waals surface area (Å²) in [5.41, 5.74) is 2.97. The summed E-state index contributed by atoms with van der Waals surface area (Å²) in [5.74, 6) is 0. The minimum absolute atomic E-state index is 0.551. The van der Waals surface area contributed by atoms with Crippen LogP contribution in [0.15, 0.2) is 24.3 Å². The zero-order chi connectivity index (χ0) is 12.6. The third kappa shape index (κ3) is 2.54. The van der Waals surface area contributed by atoms with Crippen molar-refractivity contribution in [3.63, 3.8) is 0 Å². The van der Waals surface area contributed by atoms with Crippen LogP contribution in [0.25, 0.3) is 0 Å². The molecule has 0 amide bonds. The first-order valence-electron chi connectivity index (χ1n) is 5.50. The summed E-state index contributed by atoms with van der Waals surface area (Å²) in [4.78, 5) is 2.19. The topological polar surface area (TPSA) is 20.2 Å². The van der Waals surface area contributed by atoms with Gasteiger partial charge >= 0.3 is 0 Å². The molecule has 0 radical (unpaired) electrons. The van der Waals surface area contributed by atoms with Crippen molar-refractivity contribution in [1.82, 2.24) is 0 Å². The molecule has 0 fully saturated rings. The Morgan fingerprint density at radius 3 is 2.41 bits per heavy atom. The first-order valence-corrected chi connectivity index (χ1v) is 6.69. The minimum atomic E-state index is -0.551. The molecule has 0 bridgehead atoms. The van der Waals surface area contributed by atoms with Crippen molar-refractivity contribution in [2.45, 2.75) is 26.9 Å². The van der Waals surface area contributed by atoms with Gasteiger partial charge in [-0.05, 0) is 55.7 Å². The molecule has 90 valence electrons. The van der Waals surface area contributed by atoms with E-state index in [9.17, 15) is 5.11 Å². The van der Waals surface area contributed by atoms with Crippen LogP contribution in [0.5, 0.6) is 0 Å². The Bertz CT molecular complexity index is 545. The van der Waals surface area contributed by atoms with E-state index in [1.54, 1.807) is 11.3 Å². The number of hydrogen-bond acceptors (Lipinski definition) is 2. The SMILES string of the molecule is Cc1ccc(C(O)c2cc(C)c(Cl)cc2C)s1. The molecule has 1 heterocycles. The van der Waals surface area contributed by atoms with E-state index >= 15 is 0 Å². The number of hydrogen-bond donors (Lipinski definition) is 1. The van der Waals surface area contributed by atoms with Crippen LogP contribution in [-0.2, 0) is 0 Å². The summed E-state index contributed by atoms with van der Waals surface area (Å²) in [7, 11) is 0. The Kier molecular flexibility index (Phi) is 3.57. The Balaban J connectivity index is 2.43. The molecule has 1 nitrogen and oxygen atoms in total. The van der Waals surface area contributed by atoms with Gasteiger partial charge < -0.3 is 5.11 Å². The van der Waals surface area contributed by atoms with E-state index < -0.39 is 6.10 Å². The highest BCUT2D eigenvalue weighted by atomic mass is 35.5. The van der Waals surface area contributed by atoms with Crippen molar-refractivity contribution in [3.05, 3.63) is 55.7 Å². The van der Waals surface area contributed by atoms with Crippen LogP contribution in [0.2, 0.25) is 5.02 Å². The number of thiophene rings is 1. The number of benzene rings is 1. The predicted molar refractivity (Wildman–Crippen MR) is 74.0 cm³/mol. The van der Waals surface area contributed by atoms with Gasteiger partial charge in [0.05, 0.1) is 0 Å². The van der Waals surface area contributed by atoms with Crippen LogP contribution in [0.4, 0.5) is 0 Å². The highest BCUT2D eigenvalue weighted by Crippen LogP contribution is 2.32. The molecule has 17 heavy (non-hydrogen) atoms. The molecule has 0 aliphatic rings. The van der Waals surface area contributed by atoms with Gasteiger partial charge in [-0.2, -0.15) is 0 Å².